The molecule has 3 heterocycles. The quantitative estimate of drug-likeness (QED) is 0.708. The van der Waals surface area contributed by atoms with E-state index < -0.39 is 0 Å². The van der Waals surface area contributed by atoms with Crippen molar-refractivity contribution in [3.8, 4) is 0 Å². The van der Waals surface area contributed by atoms with Crippen LogP contribution in [0, 0.1) is 12.8 Å². The summed E-state index contributed by atoms with van der Waals surface area (Å²) in [4.78, 5) is 12.1. The zero-order chi connectivity index (χ0) is 11.8. The van der Waals surface area contributed by atoms with Crippen molar-refractivity contribution in [2.45, 2.75) is 13.3 Å². The Labute approximate surface area is 98.3 Å². The monoisotopic (exact) mass is 232 g/mol. The Bertz CT molecular complexity index is 483. The van der Waals surface area contributed by atoms with E-state index in [2.05, 4.69) is 15.3 Å². The minimum atomic E-state index is -0.230. The molecule has 6 heteroatoms. The van der Waals surface area contributed by atoms with Crippen LogP contribution >= 0.6 is 0 Å². The molecule has 0 spiro atoms. The molecular formula is C11H12N4O2. The van der Waals surface area contributed by atoms with Gasteiger partial charge >= 0.3 is 0 Å². The number of amides is 1. The molecule has 2 aliphatic heterocycles. The second-order valence-corrected chi connectivity index (χ2v) is 4.15. The van der Waals surface area contributed by atoms with Gasteiger partial charge in [-0.2, -0.15) is 15.2 Å². The highest BCUT2D eigenvalue weighted by atomic mass is 16.5. The lowest BCUT2D eigenvalue weighted by Gasteiger charge is -2.17. The summed E-state index contributed by atoms with van der Waals surface area (Å²) in [5.74, 6) is 0.173. The fraction of sp³-hybridized carbons (Fsp3) is 0.455. The second kappa shape index (κ2) is 3.89. The number of fused-ring (bicyclic) bond motifs is 1. The van der Waals surface area contributed by atoms with Crippen molar-refractivity contribution in [1.29, 1.82) is 0 Å². The molecule has 0 radical (unpaired) electrons. The molecule has 1 unspecified atom stereocenters. The first-order chi connectivity index (χ1) is 8.25. The molecule has 0 bridgehead atoms. The normalized spacial score (nSPS) is 23.6. The van der Waals surface area contributed by atoms with E-state index in [9.17, 15) is 4.79 Å². The van der Waals surface area contributed by atoms with E-state index >= 15 is 0 Å². The van der Waals surface area contributed by atoms with Gasteiger partial charge in [0.15, 0.2) is 5.82 Å². The van der Waals surface area contributed by atoms with Gasteiger partial charge < -0.3 is 4.74 Å². The maximum Gasteiger partial charge on any atom is 0.260 e. The van der Waals surface area contributed by atoms with Gasteiger partial charge in [0.25, 0.3) is 5.91 Å². The predicted molar refractivity (Wildman–Crippen MR) is 60.6 cm³/mol. The first-order valence-corrected chi connectivity index (χ1v) is 5.55. The first-order valence-electron chi connectivity index (χ1n) is 5.55. The molecule has 1 aromatic rings. The molecule has 3 rings (SSSR count). The van der Waals surface area contributed by atoms with E-state index in [1.807, 2.05) is 13.0 Å². The molecule has 0 aromatic carbocycles. The number of hydrazone groups is 1. The Morgan fingerprint density at radius 3 is 3.00 bits per heavy atom. The highest BCUT2D eigenvalue weighted by Crippen LogP contribution is 2.25. The zero-order valence-electron chi connectivity index (χ0n) is 9.46. The van der Waals surface area contributed by atoms with E-state index in [1.54, 1.807) is 6.07 Å². The largest absolute Gasteiger partial charge is 0.380 e. The van der Waals surface area contributed by atoms with Crippen LogP contribution in [0.5, 0.6) is 0 Å². The topological polar surface area (TPSA) is 67.7 Å². The summed E-state index contributed by atoms with van der Waals surface area (Å²) in [5.41, 5.74) is 1.71. The molecule has 17 heavy (non-hydrogen) atoms. The van der Waals surface area contributed by atoms with Crippen molar-refractivity contribution in [3.63, 3.8) is 0 Å². The SMILES string of the molecule is Cc1ccc(N2N=C3CCOCC3C2=O)nn1. The smallest absolute Gasteiger partial charge is 0.260 e. The molecule has 0 N–H and O–H groups in total. The molecule has 1 fully saturated rings. The number of aromatic nitrogens is 2. The van der Waals surface area contributed by atoms with Crippen LogP contribution in [0.4, 0.5) is 5.82 Å². The third-order valence-electron chi connectivity index (χ3n) is 2.93. The summed E-state index contributed by atoms with van der Waals surface area (Å²) in [6.07, 6.45) is 0.714. The Hall–Kier alpha value is -1.82. The van der Waals surface area contributed by atoms with Crippen molar-refractivity contribution in [2.24, 2.45) is 11.0 Å². The fourth-order valence-electron chi connectivity index (χ4n) is 1.98. The predicted octanol–water partition coefficient (Wildman–Crippen LogP) is 0.524. The minimum Gasteiger partial charge on any atom is -0.380 e. The van der Waals surface area contributed by atoms with Gasteiger partial charge in [-0.1, -0.05) is 0 Å². The number of aryl methyl sites for hydroxylation is 1. The number of carbonyl (C=O) groups excluding carboxylic acids is 1. The molecule has 2 aliphatic rings. The molecular weight excluding hydrogens is 220 g/mol. The van der Waals surface area contributed by atoms with Gasteiger partial charge in [-0.3, -0.25) is 4.79 Å². The third kappa shape index (κ3) is 1.70. The number of hydrogen-bond donors (Lipinski definition) is 0. The van der Waals surface area contributed by atoms with Gasteiger partial charge in [-0.25, -0.2) is 0 Å². The summed E-state index contributed by atoms with van der Waals surface area (Å²) < 4.78 is 5.29. The maximum absolute atomic E-state index is 12.1. The Morgan fingerprint density at radius 2 is 2.29 bits per heavy atom. The number of rotatable bonds is 1. The second-order valence-electron chi connectivity index (χ2n) is 4.15. The minimum absolute atomic E-state index is 0.0714. The molecule has 0 saturated carbocycles. The number of ether oxygens (including phenoxy) is 1. The number of anilines is 1. The Kier molecular flexibility index (Phi) is 2.36. The average Bonchev–Trinajstić information content (AvgIpc) is 2.69. The van der Waals surface area contributed by atoms with Gasteiger partial charge in [0, 0.05) is 6.42 Å². The number of nitrogens with zero attached hydrogens (tertiary/aromatic N) is 4. The van der Waals surface area contributed by atoms with Crippen LogP contribution in [0.2, 0.25) is 0 Å². The molecule has 1 amide bonds. The van der Waals surface area contributed by atoms with E-state index in [1.165, 1.54) is 5.01 Å². The van der Waals surface area contributed by atoms with Crippen LogP contribution in [0.1, 0.15) is 12.1 Å². The first kappa shape index (κ1) is 10.3. The molecule has 1 atom stereocenters. The van der Waals surface area contributed by atoms with Crippen LogP contribution < -0.4 is 5.01 Å². The van der Waals surface area contributed by atoms with Crippen LogP contribution in [0.3, 0.4) is 0 Å². The van der Waals surface area contributed by atoms with Crippen LogP contribution in [0.25, 0.3) is 0 Å². The van der Waals surface area contributed by atoms with Gasteiger partial charge in [0.2, 0.25) is 0 Å². The summed E-state index contributed by atoms with van der Waals surface area (Å²) in [5, 5.41) is 13.6. The summed E-state index contributed by atoms with van der Waals surface area (Å²) in [6, 6.07) is 3.57. The van der Waals surface area contributed by atoms with Gasteiger partial charge in [-0.05, 0) is 19.1 Å². The molecule has 1 aromatic heterocycles. The van der Waals surface area contributed by atoms with Gasteiger partial charge in [-0.15, -0.1) is 5.10 Å². The van der Waals surface area contributed by atoms with Crippen LogP contribution in [-0.4, -0.2) is 35.0 Å². The van der Waals surface area contributed by atoms with E-state index in [-0.39, 0.29) is 11.8 Å². The number of hydrogen-bond acceptors (Lipinski definition) is 5. The fourth-order valence-corrected chi connectivity index (χ4v) is 1.98. The summed E-state index contributed by atoms with van der Waals surface area (Å²) in [7, 11) is 0. The van der Waals surface area contributed by atoms with Crippen LogP contribution in [0.15, 0.2) is 17.2 Å². The van der Waals surface area contributed by atoms with Crippen molar-refractivity contribution in [3.05, 3.63) is 17.8 Å². The van der Waals surface area contributed by atoms with Crippen molar-refractivity contribution in [2.75, 3.05) is 18.2 Å². The van der Waals surface area contributed by atoms with E-state index in [0.717, 1.165) is 11.4 Å². The zero-order valence-corrected chi connectivity index (χ0v) is 9.46. The average molecular weight is 232 g/mol. The lowest BCUT2D eigenvalue weighted by molar-refractivity contribution is -0.121. The van der Waals surface area contributed by atoms with Gasteiger partial charge in [0.1, 0.15) is 5.92 Å². The summed E-state index contributed by atoms with van der Waals surface area (Å²) in [6.45, 7) is 2.91. The van der Waals surface area contributed by atoms with E-state index in [0.29, 0.717) is 25.5 Å². The van der Waals surface area contributed by atoms with E-state index in [4.69, 9.17) is 4.74 Å². The Morgan fingerprint density at radius 1 is 1.41 bits per heavy atom. The van der Waals surface area contributed by atoms with Gasteiger partial charge in [0.05, 0.1) is 24.6 Å². The lowest BCUT2D eigenvalue weighted by atomic mass is 10.0. The summed E-state index contributed by atoms with van der Waals surface area (Å²) >= 11 is 0. The van der Waals surface area contributed by atoms with Crippen molar-refractivity contribution < 1.29 is 9.53 Å². The van der Waals surface area contributed by atoms with Crippen molar-refractivity contribution >= 4 is 17.4 Å². The standard InChI is InChI=1S/C11H12N4O2/c1-7-2-3-10(13-12-7)15-11(16)8-6-17-5-4-9(8)14-15/h2-3,8H,4-6H2,1H3. The lowest BCUT2D eigenvalue weighted by Crippen LogP contribution is -2.34. The van der Waals surface area contributed by atoms with Crippen molar-refractivity contribution in [1.82, 2.24) is 10.2 Å². The molecule has 1 saturated heterocycles. The molecule has 0 aliphatic carbocycles. The Balaban J connectivity index is 1.92. The highest BCUT2D eigenvalue weighted by molar-refractivity contribution is 6.15. The number of carbonyl (C=O) groups is 1. The molecule has 6 nitrogen and oxygen atoms in total. The van der Waals surface area contributed by atoms with Crippen LogP contribution in [-0.2, 0) is 9.53 Å². The third-order valence-corrected chi connectivity index (χ3v) is 2.93. The maximum atomic E-state index is 12.1. The molecule has 88 valence electrons. The highest BCUT2D eigenvalue weighted by Gasteiger charge is 2.39.